The van der Waals surface area contributed by atoms with Gasteiger partial charge in [0.25, 0.3) is 0 Å². The van der Waals surface area contributed by atoms with Gasteiger partial charge in [-0.25, -0.2) is 0 Å². The molecule has 1 nitrogen and oxygen atoms in total. The highest BCUT2D eigenvalue weighted by Crippen LogP contribution is 2.35. The molecule has 1 saturated heterocycles. The van der Waals surface area contributed by atoms with Gasteiger partial charge in [0.1, 0.15) is 14.3 Å². The Labute approximate surface area is 108 Å². The molecule has 2 rings (SSSR count). The van der Waals surface area contributed by atoms with Crippen LogP contribution in [0.15, 0.2) is 17.5 Å². The second kappa shape index (κ2) is 5.25. The van der Waals surface area contributed by atoms with Gasteiger partial charge in [-0.05, 0) is 11.4 Å². The lowest BCUT2D eigenvalue weighted by Gasteiger charge is -2.34. The first-order valence-corrected chi connectivity index (χ1v) is 11.6. The molecule has 90 valence electrons. The van der Waals surface area contributed by atoms with Crippen LogP contribution in [0.4, 0.5) is 0 Å². The van der Waals surface area contributed by atoms with Crippen LogP contribution in [0.2, 0.25) is 19.6 Å². The first-order valence-electron chi connectivity index (χ1n) is 5.84. The zero-order chi connectivity index (χ0) is 11.6. The molecule has 16 heavy (non-hydrogen) atoms. The molecule has 1 aliphatic heterocycles. The topological polar surface area (TPSA) is 2.70 Å². The van der Waals surface area contributed by atoms with Crippen molar-refractivity contribution in [2.75, 3.05) is 24.3 Å². The van der Waals surface area contributed by atoms with E-state index in [0.29, 0.717) is 6.10 Å². The van der Waals surface area contributed by atoms with Crippen molar-refractivity contribution >= 4 is 31.2 Å². The van der Waals surface area contributed by atoms with Gasteiger partial charge in [0.15, 0.2) is 12.7 Å². The highest BCUT2D eigenvalue weighted by Gasteiger charge is 2.34. The molecule has 1 aromatic heterocycles. The van der Waals surface area contributed by atoms with Crippen molar-refractivity contribution in [2.45, 2.75) is 25.7 Å². The molecule has 0 aliphatic carbocycles. The fourth-order valence-corrected chi connectivity index (χ4v) is 5.54. The van der Waals surface area contributed by atoms with Gasteiger partial charge in [0.2, 0.25) is 0 Å². The normalized spacial score (nSPS) is 23.6. The SMILES string of the molecule is C[Si](C)(C)C[O+]1CCSC[C@H]1c1cccs1. The first-order chi connectivity index (χ1) is 7.56. The minimum atomic E-state index is -1.01. The van der Waals surface area contributed by atoms with E-state index in [1.165, 1.54) is 29.2 Å². The Morgan fingerprint density at radius 2 is 2.25 bits per heavy atom. The second-order valence-electron chi connectivity index (χ2n) is 5.53. The second-order valence-corrected chi connectivity index (χ2v) is 13.1. The van der Waals surface area contributed by atoms with E-state index in [2.05, 4.69) is 53.3 Å². The van der Waals surface area contributed by atoms with E-state index in [0.717, 1.165) is 0 Å². The molecule has 0 radical (unpaired) electrons. The van der Waals surface area contributed by atoms with Crippen LogP contribution < -0.4 is 0 Å². The Kier molecular flexibility index (Phi) is 4.16. The molecule has 0 bridgehead atoms. The fourth-order valence-electron chi connectivity index (χ4n) is 2.04. The largest absolute Gasteiger partial charge is 0.418 e. The van der Waals surface area contributed by atoms with Crippen LogP contribution in [-0.2, 0) is 4.37 Å². The van der Waals surface area contributed by atoms with E-state index >= 15 is 0 Å². The quantitative estimate of drug-likeness (QED) is 0.595. The van der Waals surface area contributed by atoms with Gasteiger partial charge in [-0.1, -0.05) is 25.7 Å². The lowest BCUT2D eigenvalue weighted by atomic mass is 10.3. The van der Waals surface area contributed by atoms with Crippen molar-refractivity contribution in [3.63, 3.8) is 0 Å². The van der Waals surface area contributed by atoms with Crippen molar-refractivity contribution < 1.29 is 4.37 Å². The summed E-state index contributed by atoms with van der Waals surface area (Å²) in [5.41, 5.74) is 0. The third-order valence-corrected chi connectivity index (χ3v) is 5.84. The number of thioether (sulfide) groups is 1. The van der Waals surface area contributed by atoms with Crippen molar-refractivity contribution in [3.05, 3.63) is 22.4 Å². The van der Waals surface area contributed by atoms with Gasteiger partial charge in [0.05, 0.1) is 16.4 Å². The standard InChI is InChI=1S/C12H21OS2Si/c1-16(2,3)10-13-6-8-14-9-11(13)12-5-4-7-15-12/h4-5,7,11H,6,8-10H2,1-3H3/q+1/t11-/m0/s1. The summed E-state index contributed by atoms with van der Waals surface area (Å²) in [5, 5.41) is 2.20. The van der Waals surface area contributed by atoms with Crippen LogP contribution in [-0.4, -0.2) is 32.4 Å². The molecule has 0 amide bonds. The molecule has 4 heteroatoms. The molecule has 0 saturated carbocycles. The maximum absolute atomic E-state index is 3.61. The highest BCUT2D eigenvalue weighted by atomic mass is 32.2. The van der Waals surface area contributed by atoms with Gasteiger partial charge in [-0.15, -0.1) is 23.1 Å². The number of hydrogen-bond acceptors (Lipinski definition) is 2. The number of thiophene rings is 1. The summed E-state index contributed by atoms with van der Waals surface area (Å²) in [6, 6.07) is 4.46. The molecule has 0 aromatic carbocycles. The summed E-state index contributed by atoms with van der Waals surface area (Å²) in [5.74, 6) is 2.52. The van der Waals surface area contributed by atoms with Gasteiger partial charge >= 0.3 is 0 Å². The molecule has 1 fully saturated rings. The highest BCUT2D eigenvalue weighted by molar-refractivity contribution is 7.99. The molecule has 1 atom stereocenters. The molecular weight excluding hydrogens is 252 g/mol. The van der Waals surface area contributed by atoms with Crippen molar-refractivity contribution in [2.24, 2.45) is 0 Å². The Balaban J connectivity index is 2.08. The zero-order valence-corrected chi connectivity index (χ0v) is 13.0. The average Bonchev–Trinajstić information content (AvgIpc) is 2.69. The summed E-state index contributed by atoms with van der Waals surface area (Å²) in [7, 11) is -1.01. The minimum Gasteiger partial charge on any atom is -0.418 e. The molecule has 1 aliphatic rings. The third kappa shape index (κ3) is 3.36. The van der Waals surface area contributed by atoms with E-state index < -0.39 is 8.07 Å². The van der Waals surface area contributed by atoms with Gasteiger partial charge in [-0.3, -0.25) is 0 Å². The monoisotopic (exact) mass is 273 g/mol. The molecular formula is C12H21OS2Si+. The minimum absolute atomic E-state index is 0.602. The van der Waals surface area contributed by atoms with Crippen LogP contribution in [0.1, 0.15) is 11.0 Å². The number of rotatable bonds is 3. The van der Waals surface area contributed by atoms with Gasteiger partial charge < -0.3 is 4.37 Å². The summed E-state index contributed by atoms with van der Waals surface area (Å²) in [4.78, 5) is 1.52. The van der Waals surface area contributed by atoms with Gasteiger partial charge in [-0.2, -0.15) is 0 Å². The Bertz CT molecular complexity index is 318. The van der Waals surface area contributed by atoms with Crippen LogP contribution in [0, 0.1) is 0 Å². The van der Waals surface area contributed by atoms with Crippen LogP contribution in [0.25, 0.3) is 0 Å². The summed E-state index contributed by atoms with van der Waals surface area (Å²) < 4.78 is 3.61. The predicted molar refractivity (Wildman–Crippen MR) is 78.6 cm³/mol. The molecule has 0 N–H and O–H groups in total. The molecule has 2 heterocycles. The Morgan fingerprint density at radius 3 is 2.88 bits per heavy atom. The zero-order valence-electron chi connectivity index (χ0n) is 10.4. The van der Waals surface area contributed by atoms with Crippen molar-refractivity contribution in [3.8, 4) is 0 Å². The van der Waals surface area contributed by atoms with Crippen LogP contribution in [0.3, 0.4) is 0 Å². The summed E-state index contributed by atoms with van der Waals surface area (Å²) in [6.07, 6.45) is 1.86. The lowest BCUT2D eigenvalue weighted by Crippen LogP contribution is -2.40. The number of hydrogen-bond donors (Lipinski definition) is 0. The van der Waals surface area contributed by atoms with Crippen LogP contribution in [0.5, 0.6) is 0 Å². The van der Waals surface area contributed by atoms with Crippen LogP contribution >= 0.6 is 23.1 Å². The van der Waals surface area contributed by atoms with E-state index in [9.17, 15) is 0 Å². The molecule has 0 spiro atoms. The van der Waals surface area contributed by atoms with E-state index in [1.807, 2.05) is 11.3 Å². The van der Waals surface area contributed by atoms with E-state index in [4.69, 9.17) is 0 Å². The maximum Gasteiger partial charge on any atom is 0.200 e. The Hall–Kier alpha value is 0.227. The smallest absolute Gasteiger partial charge is 0.200 e. The fraction of sp³-hybridized carbons (Fsp3) is 0.667. The molecule has 0 unspecified atom stereocenters. The third-order valence-electron chi connectivity index (χ3n) is 2.64. The van der Waals surface area contributed by atoms with Gasteiger partial charge in [0, 0.05) is 0 Å². The van der Waals surface area contributed by atoms with Crippen molar-refractivity contribution in [1.29, 1.82) is 0 Å². The predicted octanol–water partition coefficient (Wildman–Crippen LogP) is 3.97. The summed E-state index contributed by atoms with van der Waals surface area (Å²) >= 11 is 3.99. The first kappa shape index (κ1) is 12.7. The van der Waals surface area contributed by atoms with E-state index in [-0.39, 0.29) is 0 Å². The maximum atomic E-state index is 3.61. The lowest BCUT2D eigenvalue weighted by molar-refractivity contribution is -0.160. The van der Waals surface area contributed by atoms with E-state index in [1.54, 1.807) is 0 Å². The van der Waals surface area contributed by atoms with Crippen molar-refractivity contribution in [1.82, 2.24) is 0 Å². The Morgan fingerprint density at radius 1 is 1.44 bits per heavy atom. The summed E-state index contributed by atoms with van der Waals surface area (Å²) in [6.45, 7) is 8.55. The average molecular weight is 274 g/mol. The molecule has 1 aromatic rings.